The standard InChI is InChI=1S/C4H8O3/c1-5-3-4(6-2)7-3/h3-4H,1-2H3. The number of epoxide rings is 1. The minimum atomic E-state index is -0.106. The van der Waals surface area contributed by atoms with Gasteiger partial charge in [-0.1, -0.05) is 0 Å². The molecule has 3 nitrogen and oxygen atoms in total. The predicted octanol–water partition coefficient (Wildman–Crippen LogP) is -0.0384. The number of rotatable bonds is 2. The molecule has 1 aliphatic heterocycles. The monoisotopic (exact) mass is 104 g/mol. The Labute approximate surface area is 42.2 Å². The van der Waals surface area contributed by atoms with Gasteiger partial charge in [-0.25, -0.2) is 0 Å². The lowest BCUT2D eigenvalue weighted by Crippen LogP contribution is -1.96. The Morgan fingerprint density at radius 1 is 1.14 bits per heavy atom. The Morgan fingerprint density at radius 2 is 1.57 bits per heavy atom. The topological polar surface area (TPSA) is 31.0 Å². The van der Waals surface area contributed by atoms with E-state index >= 15 is 0 Å². The van der Waals surface area contributed by atoms with E-state index in [2.05, 4.69) is 0 Å². The second-order valence-electron chi connectivity index (χ2n) is 1.34. The van der Waals surface area contributed by atoms with Crippen molar-refractivity contribution in [3.05, 3.63) is 0 Å². The lowest BCUT2D eigenvalue weighted by molar-refractivity contribution is 0.0935. The summed E-state index contributed by atoms with van der Waals surface area (Å²) in [7, 11) is 3.17. The zero-order chi connectivity index (χ0) is 5.28. The van der Waals surface area contributed by atoms with Gasteiger partial charge in [-0.15, -0.1) is 0 Å². The lowest BCUT2D eigenvalue weighted by Gasteiger charge is -1.84. The van der Waals surface area contributed by atoms with Crippen LogP contribution in [0.15, 0.2) is 0 Å². The average molecular weight is 104 g/mol. The van der Waals surface area contributed by atoms with Crippen molar-refractivity contribution in [2.75, 3.05) is 14.2 Å². The van der Waals surface area contributed by atoms with Gasteiger partial charge < -0.3 is 14.2 Å². The molecule has 1 aliphatic rings. The zero-order valence-corrected chi connectivity index (χ0v) is 4.38. The molecule has 0 aromatic rings. The van der Waals surface area contributed by atoms with Gasteiger partial charge >= 0.3 is 0 Å². The number of ether oxygens (including phenoxy) is 3. The van der Waals surface area contributed by atoms with Crippen LogP contribution in [0.5, 0.6) is 0 Å². The third-order valence-electron chi connectivity index (χ3n) is 0.878. The Morgan fingerprint density at radius 3 is 1.71 bits per heavy atom. The molecule has 0 saturated carbocycles. The molecular formula is C4H8O3. The quantitative estimate of drug-likeness (QED) is 0.460. The van der Waals surface area contributed by atoms with Crippen LogP contribution in [0.3, 0.4) is 0 Å². The average Bonchev–Trinajstić information content (AvgIpc) is 2.43. The molecule has 0 aromatic heterocycles. The molecule has 7 heavy (non-hydrogen) atoms. The van der Waals surface area contributed by atoms with E-state index in [-0.39, 0.29) is 12.6 Å². The summed E-state index contributed by atoms with van der Waals surface area (Å²) in [5, 5.41) is 0. The van der Waals surface area contributed by atoms with Crippen molar-refractivity contribution in [1.82, 2.24) is 0 Å². The van der Waals surface area contributed by atoms with Gasteiger partial charge in [-0.2, -0.15) is 0 Å². The highest BCUT2D eigenvalue weighted by atomic mass is 16.9. The van der Waals surface area contributed by atoms with Crippen molar-refractivity contribution < 1.29 is 14.2 Å². The minimum Gasteiger partial charge on any atom is -0.351 e. The van der Waals surface area contributed by atoms with Crippen LogP contribution in [-0.4, -0.2) is 26.8 Å². The Balaban J connectivity index is 2.06. The van der Waals surface area contributed by atoms with Crippen molar-refractivity contribution >= 4 is 0 Å². The van der Waals surface area contributed by atoms with Crippen LogP contribution < -0.4 is 0 Å². The van der Waals surface area contributed by atoms with E-state index in [0.717, 1.165) is 0 Å². The smallest absolute Gasteiger partial charge is 0.212 e. The highest BCUT2D eigenvalue weighted by molar-refractivity contribution is 4.63. The molecule has 1 saturated heterocycles. The van der Waals surface area contributed by atoms with Crippen LogP contribution in [-0.2, 0) is 14.2 Å². The lowest BCUT2D eigenvalue weighted by atomic mass is 10.8. The van der Waals surface area contributed by atoms with E-state index in [1.54, 1.807) is 14.2 Å². The zero-order valence-electron chi connectivity index (χ0n) is 4.38. The minimum absolute atomic E-state index is 0.106. The maximum atomic E-state index is 4.77. The second-order valence-corrected chi connectivity index (χ2v) is 1.34. The molecule has 1 heterocycles. The van der Waals surface area contributed by atoms with Crippen LogP contribution in [0.1, 0.15) is 0 Å². The molecule has 1 fully saturated rings. The molecule has 1 rings (SSSR count). The van der Waals surface area contributed by atoms with E-state index < -0.39 is 0 Å². The maximum absolute atomic E-state index is 4.77. The third kappa shape index (κ3) is 0.907. The molecular weight excluding hydrogens is 96.0 g/mol. The van der Waals surface area contributed by atoms with Gasteiger partial charge in [0, 0.05) is 14.2 Å². The Kier molecular flexibility index (Phi) is 1.27. The molecule has 3 heteroatoms. The van der Waals surface area contributed by atoms with Crippen LogP contribution in [0, 0.1) is 0 Å². The summed E-state index contributed by atoms with van der Waals surface area (Å²) in [6.07, 6.45) is -0.213. The van der Waals surface area contributed by atoms with Crippen molar-refractivity contribution in [3.8, 4) is 0 Å². The number of methoxy groups -OCH3 is 2. The first kappa shape index (κ1) is 5.03. The van der Waals surface area contributed by atoms with Gasteiger partial charge in [0.1, 0.15) is 0 Å². The molecule has 2 atom stereocenters. The molecule has 2 unspecified atom stereocenters. The van der Waals surface area contributed by atoms with Crippen molar-refractivity contribution in [3.63, 3.8) is 0 Å². The van der Waals surface area contributed by atoms with Gasteiger partial charge in [0.25, 0.3) is 0 Å². The SMILES string of the molecule is COC1OC1OC. The van der Waals surface area contributed by atoms with E-state index in [0.29, 0.717) is 0 Å². The maximum Gasteiger partial charge on any atom is 0.212 e. The van der Waals surface area contributed by atoms with Gasteiger partial charge in [0.05, 0.1) is 0 Å². The Bertz CT molecular complexity index is 56.0. The highest BCUT2D eigenvalue weighted by Crippen LogP contribution is 2.21. The van der Waals surface area contributed by atoms with Crippen molar-refractivity contribution in [2.24, 2.45) is 0 Å². The predicted molar refractivity (Wildman–Crippen MR) is 22.7 cm³/mol. The van der Waals surface area contributed by atoms with E-state index in [9.17, 15) is 0 Å². The fourth-order valence-corrected chi connectivity index (χ4v) is 0.420. The molecule has 42 valence electrons. The first-order valence-electron chi connectivity index (χ1n) is 2.09. The summed E-state index contributed by atoms with van der Waals surface area (Å²) in [5.74, 6) is 0. The first-order chi connectivity index (χ1) is 3.38. The Hall–Kier alpha value is -0.120. The van der Waals surface area contributed by atoms with Crippen molar-refractivity contribution in [1.29, 1.82) is 0 Å². The van der Waals surface area contributed by atoms with E-state index in [4.69, 9.17) is 14.2 Å². The van der Waals surface area contributed by atoms with E-state index in [1.807, 2.05) is 0 Å². The van der Waals surface area contributed by atoms with E-state index in [1.165, 1.54) is 0 Å². The summed E-state index contributed by atoms with van der Waals surface area (Å²) >= 11 is 0. The fourth-order valence-electron chi connectivity index (χ4n) is 0.420. The van der Waals surface area contributed by atoms with Gasteiger partial charge in [-0.3, -0.25) is 0 Å². The molecule has 0 N–H and O–H groups in total. The van der Waals surface area contributed by atoms with Crippen LogP contribution >= 0.6 is 0 Å². The van der Waals surface area contributed by atoms with Crippen molar-refractivity contribution in [2.45, 2.75) is 12.6 Å². The largest absolute Gasteiger partial charge is 0.351 e. The fraction of sp³-hybridized carbons (Fsp3) is 1.00. The summed E-state index contributed by atoms with van der Waals surface area (Å²) in [4.78, 5) is 0. The highest BCUT2D eigenvalue weighted by Gasteiger charge is 2.39. The van der Waals surface area contributed by atoms with Crippen LogP contribution in [0.2, 0.25) is 0 Å². The molecule has 0 aliphatic carbocycles. The molecule has 0 aromatic carbocycles. The molecule has 0 amide bonds. The summed E-state index contributed by atoms with van der Waals surface area (Å²) < 4.78 is 14.2. The molecule has 0 bridgehead atoms. The molecule has 0 spiro atoms. The van der Waals surface area contributed by atoms with Gasteiger partial charge in [0.15, 0.2) is 0 Å². The summed E-state index contributed by atoms with van der Waals surface area (Å²) in [5.41, 5.74) is 0. The van der Waals surface area contributed by atoms with Crippen LogP contribution in [0.25, 0.3) is 0 Å². The van der Waals surface area contributed by atoms with Gasteiger partial charge in [-0.05, 0) is 0 Å². The summed E-state index contributed by atoms with van der Waals surface area (Å²) in [6.45, 7) is 0. The summed E-state index contributed by atoms with van der Waals surface area (Å²) in [6, 6.07) is 0. The second kappa shape index (κ2) is 1.78. The normalized spacial score (nSPS) is 38.6. The van der Waals surface area contributed by atoms with Gasteiger partial charge in [0.2, 0.25) is 12.6 Å². The number of hydrogen-bond acceptors (Lipinski definition) is 3. The number of hydrogen-bond donors (Lipinski definition) is 0. The first-order valence-corrected chi connectivity index (χ1v) is 2.09. The molecule has 0 radical (unpaired) electrons. The third-order valence-corrected chi connectivity index (χ3v) is 0.878. The van der Waals surface area contributed by atoms with Crippen LogP contribution in [0.4, 0.5) is 0 Å².